The second-order valence-electron chi connectivity index (χ2n) is 6.70. The summed E-state index contributed by atoms with van der Waals surface area (Å²) in [6.07, 6.45) is 12.4. The second-order valence-corrected chi connectivity index (χ2v) is 6.70. The molecule has 0 aromatic rings. The van der Waals surface area contributed by atoms with Crippen molar-refractivity contribution in [3.05, 3.63) is 0 Å². The fourth-order valence-corrected chi connectivity index (χ4v) is 4.16. The summed E-state index contributed by atoms with van der Waals surface area (Å²) >= 11 is 0. The molecule has 3 rings (SSSR count). The summed E-state index contributed by atoms with van der Waals surface area (Å²) in [5.41, 5.74) is 0.278. The van der Waals surface area contributed by atoms with Gasteiger partial charge in [0.2, 0.25) is 0 Å². The first-order valence-electron chi connectivity index (χ1n) is 8.22. The van der Waals surface area contributed by atoms with Crippen LogP contribution in [0.5, 0.6) is 0 Å². The van der Waals surface area contributed by atoms with E-state index in [1.165, 1.54) is 64.3 Å². The van der Waals surface area contributed by atoms with Gasteiger partial charge in [-0.1, -0.05) is 19.8 Å². The van der Waals surface area contributed by atoms with E-state index in [0.29, 0.717) is 0 Å². The molecule has 0 radical (unpaired) electrons. The third kappa shape index (κ3) is 2.22. The van der Waals surface area contributed by atoms with Crippen molar-refractivity contribution in [3.63, 3.8) is 0 Å². The topological polar surface area (TPSA) is 21.3 Å². The maximum absolute atomic E-state index is 6.44. The smallest absolute Gasteiger partial charge is 0.0753 e. The van der Waals surface area contributed by atoms with Crippen LogP contribution in [0.1, 0.15) is 64.7 Å². The van der Waals surface area contributed by atoms with E-state index in [9.17, 15) is 0 Å². The van der Waals surface area contributed by atoms with Gasteiger partial charge in [-0.15, -0.1) is 0 Å². The van der Waals surface area contributed by atoms with Gasteiger partial charge >= 0.3 is 0 Å². The number of ether oxygens (including phenoxy) is 1. The zero-order valence-corrected chi connectivity index (χ0v) is 11.9. The van der Waals surface area contributed by atoms with Gasteiger partial charge in [0.15, 0.2) is 0 Å². The molecule has 104 valence electrons. The summed E-state index contributed by atoms with van der Waals surface area (Å²) in [5, 5.41) is 3.75. The minimum absolute atomic E-state index is 0.278. The van der Waals surface area contributed by atoms with Crippen LogP contribution in [-0.2, 0) is 4.74 Å². The minimum Gasteiger partial charge on any atom is -0.374 e. The molecule has 0 bridgehead atoms. The predicted molar refractivity (Wildman–Crippen MR) is 74.7 cm³/mol. The van der Waals surface area contributed by atoms with Gasteiger partial charge in [-0.2, -0.15) is 0 Å². The Bertz CT molecular complexity index is 256. The predicted octanol–water partition coefficient (Wildman–Crippen LogP) is 3.50. The summed E-state index contributed by atoms with van der Waals surface area (Å²) in [7, 11) is 0. The van der Waals surface area contributed by atoms with E-state index in [2.05, 4.69) is 12.2 Å². The van der Waals surface area contributed by atoms with E-state index in [4.69, 9.17) is 4.74 Å². The van der Waals surface area contributed by atoms with Crippen LogP contribution in [0.3, 0.4) is 0 Å². The lowest BCUT2D eigenvalue weighted by atomic mass is 9.58. The molecule has 1 heterocycles. The van der Waals surface area contributed by atoms with Crippen LogP contribution in [-0.4, -0.2) is 24.8 Å². The first-order chi connectivity index (χ1) is 8.85. The van der Waals surface area contributed by atoms with E-state index in [1.807, 2.05) is 0 Å². The SMILES string of the molecule is CCCNC1CCOC(C2CCC2)(C2CCC2)C1. The molecule has 1 aliphatic heterocycles. The van der Waals surface area contributed by atoms with Crippen LogP contribution < -0.4 is 5.32 Å². The molecule has 1 N–H and O–H groups in total. The third-order valence-electron chi connectivity index (χ3n) is 5.68. The third-order valence-corrected chi connectivity index (χ3v) is 5.68. The van der Waals surface area contributed by atoms with E-state index in [0.717, 1.165) is 24.5 Å². The highest BCUT2D eigenvalue weighted by atomic mass is 16.5. The van der Waals surface area contributed by atoms with Crippen molar-refractivity contribution < 1.29 is 4.74 Å². The molecule has 2 heteroatoms. The van der Waals surface area contributed by atoms with Crippen molar-refractivity contribution >= 4 is 0 Å². The zero-order valence-electron chi connectivity index (χ0n) is 11.9. The summed E-state index contributed by atoms with van der Waals surface area (Å²) < 4.78 is 6.44. The lowest BCUT2D eigenvalue weighted by molar-refractivity contribution is -0.191. The Labute approximate surface area is 112 Å². The number of hydrogen-bond acceptors (Lipinski definition) is 2. The van der Waals surface area contributed by atoms with Gasteiger partial charge in [0, 0.05) is 12.6 Å². The summed E-state index contributed by atoms with van der Waals surface area (Å²) in [4.78, 5) is 0. The molecule has 1 unspecified atom stereocenters. The molecule has 0 spiro atoms. The highest BCUT2D eigenvalue weighted by Gasteiger charge is 2.52. The van der Waals surface area contributed by atoms with Crippen molar-refractivity contribution in [2.45, 2.75) is 76.4 Å². The molecular formula is C16H29NO. The average Bonchev–Trinajstić information content (AvgIpc) is 2.21. The molecule has 1 atom stereocenters. The highest BCUT2D eigenvalue weighted by molar-refractivity contribution is 5.04. The van der Waals surface area contributed by atoms with Crippen molar-refractivity contribution in [1.29, 1.82) is 0 Å². The first kappa shape index (κ1) is 12.9. The maximum Gasteiger partial charge on any atom is 0.0753 e. The van der Waals surface area contributed by atoms with Crippen LogP contribution in [0.4, 0.5) is 0 Å². The molecule has 2 saturated carbocycles. The number of nitrogens with one attached hydrogen (secondary N) is 1. The lowest BCUT2D eigenvalue weighted by Crippen LogP contribution is -2.58. The molecular weight excluding hydrogens is 222 g/mol. The van der Waals surface area contributed by atoms with E-state index in [1.54, 1.807) is 0 Å². The fourth-order valence-electron chi connectivity index (χ4n) is 4.16. The van der Waals surface area contributed by atoms with E-state index < -0.39 is 0 Å². The van der Waals surface area contributed by atoms with Crippen LogP contribution in [0.2, 0.25) is 0 Å². The van der Waals surface area contributed by atoms with Crippen molar-refractivity contribution in [3.8, 4) is 0 Å². The zero-order chi connectivity index (χ0) is 12.4. The van der Waals surface area contributed by atoms with Gasteiger partial charge in [-0.3, -0.25) is 0 Å². The minimum atomic E-state index is 0.278. The van der Waals surface area contributed by atoms with E-state index >= 15 is 0 Å². The maximum atomic E-state index is 6.44. The Morgan fingerprint density at radius 2 is 1.72 bits per heavy atom. The molecule has 3 fully saturated rings. The summed E-state index contributed by atoms with van der Waals surface area (Å²) in [5.74, 6) is 1.77. The van der Waals surface area contributed by atoms with Crippen molar-refractivity contribution in [1.82, 2.24) is 5.32 Å². The molecule has 0 aromatic carbocycles. The van der Waals surface area contributed by atoms with Crippen LogP contribution in [0, 0.1) is 11.8 Å². The van der Waals surface area contributed by atoms with Crippen LogP contribution in [0.15, 0.2) is 0 Å². The largest absolute Gasteiger partial charge is 0.374 e. The Kier molecular flexibility index (Phi) is 3.95. The molecule has 3 aliphatic rings. The molecule has 18 heavy (non-hydrogen) atoms. The highest BCUT2D eigenvalue weighted by Crippen LogP contribution is 2.53. The standard InChI is InChI=1S/C16H29NO/c1-2-10-17-15-9-11-18-16(12-15,13-5-3-6-13)14-7-4-8-14/h13-15,17H,2-12H2,1H3. The second kappa shape index (κ2) is 5.50. The Morgan fingerprint density at radius 1 is 1.06 bits per heavy atom. The molecule has 1 saturated heterocycles. The summed E-state index contributed by atoms with van der Waals surface area (Å²) in [6.45, 7) is 4.43. The van der Waals surface area contributed by atoms with Gasteiger partial charge in [-0.25, -0.2) is 0 Å². The monoisotopic (exact) mass is 251 g/mol. The quantitative estimate of drug-likeness (QED) is 0.807. The molecule has 0 aromatic heterocycles. The van der Waals surface area contributed by atoms with Crippen LogP contribution >= 0.6 is 0 Å². The lowest BCUT2D eigenvalue weighted by Gasteiger charge is -2.56. The Balaban J connectivity index is 1.67. The molecule has 2 nitrogen and oxygen atoms in total. The molecule has 2 aliphatic carbocycles. The van der Waals surface area contributed by atoms with Crippen molar-refractivity contribution in [2.24, 2.45) is 11.8 Å². The molecule has 0 amide bonds. The first-order valence-corrected chi connectivity index (χ1v) is 8.22. The fraction of sp³-hybridized carbons (Fsp3) is 1.00. The number of hydrogen-bond donors (Lipinski definition) is 1. The number of rotatable bonds is 5. The van der Waals surface area contributed by atoms with Gasteiger partial charge in [-0.05, 0) is 63.3 Å². The normalized spacial score (nSPS) is 32.8. The van der Waals surface area contributed by atoms with Gasteiger partial charge < -0.3 is 10.1 Å². The van der Waals surface area contributed by atoms with Gasteiger partial charge in [0.05, 0.1) is 5.60 Å². The summed E-state index contributed by atoms with van der Waals surface area (Å²) in [6, 6.07) is 0.722. The Hall–Kier alpha value is -0.0800. The van der Waals surface area contributed by atoms with Gasteiger partial charge in [0.1, 0.15) is 0 Å². The Morgan fingerprint density at radius 3 is 2.22 bits per heavy atom. The van der Waals surface area contributed by atoms with E-state index in [-0.39, 0.29) is 5.60 Å². The van der Waals surface area contributed by atoms with Crippen molar-refractivity contribution in [2.75, 3.05) is 13.2 Å². The van der Waals surface area contributed by atoms with Gasteiger partial charge in [0.25, 0.3) is 0 Å². The average molecular weight is 251 g/mol. The van der Waals surface area contributed by atoms with Crippen LogP contribution in [0.25, 0.3) is 0 Å².